The first kappa shape index (κ1) is 18.2. The molecule has 0 atom stereocenters. The molecule has 0 aliphatic carbocycles. The van der Waals surface area contributed by atoms with Gasteiger partial charge >= 0.3 is 6.61 Å². The second kappa shape index (κ2) is 9.96. The van der Waals surface area contributed by atoms with Crippen molar-refractivity contribution in [3.05, 3.63) is 24.3 Å². The fraction of sp³-hybridized carbons (Fsp3) is 0.400. The zero-order valence-electron chi connectivity index (χ0n) is 12.3. The number of nitrogens with zero attached hydrogens (tertiary/aromatic N) is 3. The maximum absolute atomic E-state index is 12.3. The van der Waals surface area contributed by atoms with Gasteiger partial charge in [-0.15, -0.1) is 0 Å². The Morgan fingerprint density at radius 2 is 1.83 bits per heavy atom. The van der Waals surface area contributed by atoms with Crippen LogP contribution < -0.4 is 10.1 Å². The lowest BCUT2D eigenvalue weighted by Gasteiger charge is -2.21. The number of nitrogens with one attached hydrogen (secondary N) is 1. The van der Waals surface area contributed by atoms with Gasteiger partial charge in [0.1, 0.15) is 5.75 Å². The van der Waals surface area contributed by atoms with Crippen molar-refractivity contribution in [1.82, 2.24) is 4.90 Å². The molecule has 0 unspecified atom stereocenters. The summed E-state index contributed by atoms with van der Waals surface area (Å²) in [5.41, 5.74) is 0.265. The summed E-state index contributed by atoms with van der Waals surface area (Å²) in [7, 11) is 0. The maximum atomic E-state index is 12.3. The summed E-state index contributed by atoms with van der Waals surface area (Å²) in [5.74, 6) is -0.391. The molecule has 1 aromatic carbocycles. The molecule has 0 saturated carbocycles. The van der Waals surface area contributed by atoms with Gasteiger partial charge in [0.15, 0.2) is 0 Å². The van der Waals surface area contributed by atoms with E-state index in [1.54, 1.807) is 6.07 Å². The highest BCUT2D eigenvalue weighted by Crippen LogP contribution is 2.25. The average molecular weight is 322 g/mol. The fourth-order valence-electron chi connectivity index (χ4n) is 1.83. The van der Waals surface area contributed by atoms with Gasteiger partial charge in [-0.1, -0.05) is 12.1 Å². The third kappa shape index (κ3) is 6.62. The number of carbonyl (C=O) groups is 1. The first-order valence-corrected chi connectivity index (χ1v) is 6.88. The fourth-order valence-corrected chi connectivity index (χ4v) is 1.83. The Morgan fingerprint density at radius 3 is 2.39 bits per heavy atom. The van der Waals surface area contributed by atoms with Gasteiger partial charge in [-0.3, -0.25) is 4.79 Å². The molecule has 1 rings (SSSR count). The Kier molecular flexibility index (Phi) is 7.87. The largest absolute Gasteiger partial charge is 0.433 e. The highest BCUT2D eigenvalue weighted by molar-refractivity contribution is 5.81. The topological polar surface area (TPSA) is 89.2 Å². The van der Waals surface area contributed by atoms with Crippen LogP contribution in [0.25, 0.3) is 0 Å². The molecule has 0 fully saturated rings. The van der Waals surface area contributed by atoms with E-state index in [2.05, 4.69) is 10.1 Å². The second-order valence-corrected chi connectivity index (χ2v) is 4.43. The predicted octanol–water partition coefficient (Wildman–Crippen LogP) is 2.36. The van der Waals surface area contributed by atoms with Crippen molar-refractivity contribution in [2.75, 3.05) is 25.0 Å². The number of halogens is 2. The number of anilines is 1. The number of rotatable bonds is 9. The molecule has 0 saturated heterocycles. The minimum atomic E-state index is -2.96. The van der Waals surface area contributed by atoms with Crippen LogP contribution in [0.1, 0.15) is 12.8 Å². The lowest BCUT2D eigenvalue weighted by Crippen LogP contribution is -2.37. The minimum Gasteiger partial charge on any atom is -0.433 e. The third-order valence-electron chi connectivity index (χ3n) is 2.87. The van der Waals surface area contributed by atoms with Crippen LogP contribution in [0.3, 0.4) is 0 Å². The molecule has 23 heavy (non-hydrogen) atoms. The quantitative estimate of drug-likeness (QED) is 0.754. The van der Waals surface area contributed by atoms with Crippen LogP contribution in [-0.4, -0.2) is 37.1 Å². The molecule has 0 aliphatic rings. The van der Waals surface area contributed by atoms with Crippen LogP contribution in [0.4, 0.5) is 14.5 Å². The van der Waals surface area contributed by atoms with Gasteiger partial charge in [-0.05, 0) is 12.1 Å². The molecule has 6 nitrogen and oxygen atoms in total. The van der Waals surface area contributed by atoms with Crippen molar-refractivity contribution in [1.29, 1.82) is 10.5 Å². The SMILES string of the molecule is N#CCCN(CCC#N)C(=O)CNc1ccccc1OC(F)F. The number of alkyl halides is 2. The standard InChI is InChI=1S/C15H16F2N4O2/c16-15(17)23-13-6-2-1-5-12(13)20-11-14(22)21(9-3-7-18)10-4-8-19/h1-2,5-6,15,20H,3-4,9-11H2. The molecule has 1 N–H and O–H groups in total. The zero-order chi connectivity index (χ0) is 17.1. The Morgan fingerprint density at radius 1 is 1.22 bits per heavy atom. The van der Waals surface area contributed by atoms with E-state index >= 15 is 0 Å². The summed E-state index contributed by atoms with van der Waals surface area (Å²) in [6, 6.07) is 9.90. The number of carbonyl (C=O) groups excluding carboxylic acids is 1. The van der Waals surface area contributed by atoms with Gasteiger partial charge in [0, 0.05) is 13.1 Å². The van der Waals surface area contributed by atoms with Crippen LogP contribution in [-0.2, 0) is 4.79 Å². The number of amides is 1. The Hall–Kier alpha value is -2.87. The molecular formula is C15H16F2N4O2. The van der Waals surface area contributed by atoms with E-state index in [9.17, 15) is 13.6 Å². The van der Waals surface area contributed by atoms with Gasteiger partial charge in [-0.25, -0.2) is 0 Å². The van der Waals surface area contributed by atoms with Crippen molar-refractivity contribution in [3.8, 4) is 17.9 Å². The highest BCUT2D eigenvalue weighted by atomic mass is 19.3. The molecule has 0 spiro atoms. The maximum Gasteiger partial charge on any atom is 0.387 e. The Labute approximate surface area is 132 Å². The van der Waals surface area contributed by atoms with Crippen molar-refractivity contribution < 1.29 is 18.3 Å². The molecular weight excluding hydrogens is 306 g/mol. The summed E-state index contributed by atoms with van der Waals surface area (Å²) in [6.07, 6.45) is 0.310. The number of hydrogen-bond acceptors (Lipinski definition) is 5. The molecule has 0 aliphatic heterocycles. The van der Waals surface area contributed by atoms with Crippen LogP contribution in [0.2, 0.25) is 0 Å². The zero-order valence-corrected chi connectivity index (χ0v) is 12.3. The molecule has 122 valence electrons. The van der Waals surface area contributed by atoms with Gasteiger partial charge in [-0.2, -0.15) is 19.3 Å². The summed E-state index contributed by atoms with van der Waals surface area (Å²) in [5, 5.41) is 19.9. The molecule has 0 aromatic heterocycles. The predicted molar refractivity (Wildman–Crippen MR) is 78.6 cm³/mol. The van der Waals surface area contributed by atoms with Gasteiger partial charge < -0.3 is 15.0 Å². The minimum absolute atomic E-state index is 0.0594. The van der Waals surface area contributed by atoms with Gasteiger partial charge in [0.2, 0.25) is 5.91 Å². The first-order valence-electron chi connectivity index (χ1n) is 6.88. The monoisotopic (exact) mass is 322 g/mol. The molecule has 1 aromatic rings. The van der Waals surface area contributed by atoms with Crippen molar-refractivity contribution in [2.24, 2.45) is 0 Å². The van der Waals surface area contributed by atoms with E-state index < -0.39 is 6.61 Å². The number of nitriles is 2. The normalized spacial score (nSPS) is 9.78. The number of para-hydroxylation sites is 2. The molecule has 0 heterocycles. The Balaban J connectivity index is 2.66. The van der Waals surface area contributed by atoms with Crippen LogP contribution in [0.5, 0.6) is 5.75 Å². The summed E-state index contributed by atoms with van der Waals surface area (Å²) in [4.78, 5) is 13.5. The third-order valence-corrected chi connectivity index (χ3v) is 2.87. The lowest BCUT2D eigenvalue weighted by molar-refractivity contribution is -0.129. The van der Waals surface area contributed by atoms with E-state index in [0.29, 0.717) is 0 Å². The summed E-state index contributed by atoms with van der Waals surface area (Å²) >= 11 is 0. The van der Waals surface area contributed by atoms with E-state index in [1.807, 2.05) is 12.1 Å². The molecule has 0 radical (unpaired) electrons. The second-order valence-electron chi connectivity index (χ2n) is 4.43. The van der Waals surface area contributed by atoms with E-state index in [0.717, 1.165) is 0 Å². The molecule has 0 bridgehead atoms. The van der Waals surface area contributed by atoms with Crippen molar-refractivity contribution in [3.63, 3.8) is 0 Å². The van der Waals surface area contributed by atoms with E-state index in [4.69, 9.17) is 10.5 Å². The Bertz CT molecular complexity index is 578. The average Bonchev–Trinajstić information content (AvgIpc) is 2.53. The first-order chi connectivity index (χ1) is 11.1. The lowest BCUT2D eigenvalue weighted by atomic mass is 10.3. The van der Waals surface area contributed by atoms with Crippen molar-refractivity contribution in [2.45, 2.75) is 19.5 Å². The highest BCUT2D eigenvalue weighted by Gasteiger charge is 2.14. The van der Waals surface area contributed by atoms with Crippen molar-refractivity contribution >= 4 is 11.6 Å². The summed E-state index contributed by atoms with van der Waals surface area (Å²) < 4.78 is 29.0. The molecule has 1 amide bonds. The van der Waals surface area contributed by atoms with Gasteiger partial charge in [0.05, 0.1) is 37.2 Å². The number of ether oxygens (including phenoxy) is 1. The van der Waals surface area contributed by atoms with Crippen LogP contribution in [0.15, 0.2) is 24.3 Å². The smallest absolute Gasteiger partial charge is 0.387 e. The van der Waals surface area contributed by atoms with E-state index in [1.165, 1.54) is 23.1 Å². The van der Waals surface area contributed by atoms with Crippen LogP contribution >= 0.6 is 0 Å². The van der Waals surface area contributed by atoms with Gasteiger partial charge in [0.25, 0.3) is 0 Å². The van der Waals surface area contributed by atoms with Crippen LogP contribution in [0, 0.1) is 22.7 Å². The number of benzene rings is 1. The van der Waals surface area contributed by atoms with E-state index in [-0.39, 0.29) is 49.8 Å². The number of hydrogen-bond donors (Lipinski definition) is 1. The molecule has 8 heteroatoms. The summed E-state index contributed by atoms with van der Waals surface area (Å²) in [6.45, 7) is -2.68.